The van der Waals surface area contributed by atoms with E-state index in [-0.39, 0.29) is 0 Å². The number of fused-ring (bicyclic) bond motifs is 1. The summed E-state index contributed by atoms with van der Waals surface area (Å²) in [6.45, 7) is 5.99. The Morgan fingerprint density at radius 3 is 2.51 bits per heavy atom. The molecule has 1 aliphatic heterocycles. The largest absolute Gasteiger partial charge is 0.375 e. The Labute approximate surface area is 211 Å². The van der Waals surface area contributed by atoms with Crippen LogP contribution in [0, 0.1) is 0 Å². The third kappa shape index (κ3) is 6.15. The molecule has 7 nitrogen and oxygen atoms in total. The number of benzene rings is 1. The number of aromatic nitrogens is 3. The Kier molecular flexibility index (Phi) is 7.94. The van der Waals surface area contributed by atoms with Gasteiger partial charge < -0.3 is 20.9 Å². The zero-order valence-corrected chi connectivity index (χ0v) is 21.4. The minimum absolute atomic E-state index is 0.593. The van der Waals surface area contributed by atoms with Crippen LogP contribution in [0.5, 0.6) is 0 Å². The number of piperidine rings is 1. The topological polar surface area (TPSA) is 83.2 Å². The van der Waals surface area contributed by atoms with E-state index in [0.29, 0.717) is 11.2 Å². The normalized spacial score (nSPS) is 14.0. The predicted molar refractivity (Wildman–Crippen MR) is 150 cm³/mol. The van der Waals surface area contributed by atoms with Crippen LogP contribution in [0.25, 0.3) is 27.3 Å². The van der Waals surface area contributed by atoms with Crippen LogP contribution >= 0.6 is 11.3 Å². The van der Waals surface area contributed by atoms with E-state index in [9.17, 15) is 0 Å². The van der Waals surface area contributed by atoms with E-state index in [1.165, 1.54) is 24.2 Å². The molecule has 3 aromatic heterocycles. The molecule has 1 saturated heterocycles. The van der Waals surface area contributed by atoms with Crippen LogP contribution in [0.4, 0.5) is 16.8 Å². The Morgan fingerprint density at radius 1 is 1.06 bits per heavy atom. The minimum Gasteiger partial charge on any atom is -0.375 e. The second kappa shape index (κ2) is 11.3. The first-order valence-corrected chi connectivity index (χ1v) is 12.6. The summed E-state index contributed by atoms with van der Waals surface area (Å²) in [5.74, 6) is 1.95. The van der Waals surface area contributed by atoms with Crippen molar-refractivity contribution in [3.8, 4) is 10.4 Å². The van der Waals surface area contributed by atoms with Gasteiger partial charge in [0.15, 0.2) is 5.13 Å². The fraction of sp³-hybridized carbons (Fsp3) is 0.296. The summed E-state index contributed by atoms with van der Waals surface area (Å²) < 4.78 is 0. The molecule has 0 saturated carbocycles. The van der Waals surface area contributed by atoms with Crippen molar-refractivity contribution < 1.29 is 0 Å². The monoisotopic (exact) mass is 487 g/mol. The predicted octanol–water partition coefficient (Wildman–Crippen LogP) is 5.24. The maximum absolute atomic E-state index is 5.66. The summed E-state index contributed by atoms with van der Waals surface area (Å²) in [5.41, 5.74) is 7.93. The van der Waals surface area contributed by atoms with Crippen LogP contribution in [0.2, 0.25) is 0 Å². The number of nitrogens with two attached hydrogens (primary N) is 1. The molecule has 1 aliphatic rings. The fourth-order valence-corrected chi connectivity index (χ4v) is 4.88. The van der Waals surface area contributed by atoms with Gasteiger partial charge >= 0.3 is 0 Å². The maximum Gasteiger partial charge on any atom is 0.180 e. The molecule has 8 heteroatoms. The van der Waals surface area contributed by atoms with E-state index < -0.39 is 0 Å². The molecule has 0 amide bonds. The minimum atomic E-state index is 0.593. The molecule has 0 radical (unpaired) electrons. The van der Waals surface area contributed by atoms with E-state index in [1.54, 1.807) is 6.20 Å². The second-order valence-corrected chi connectivity index (χ2v) is 9.84. The molecule has 182 valence electrons. The van der Waals surface area contributed by atoms with Crippen LogP contribution in [0.3, 0.4) is 0 Å². The lowest BCUT2D eigenvalue weighted by Crippen LogP contribution is -2.42. The molecule has 5 rings (SSSR count). The molecule has 1 aromatic carbocycles. The number of pyridine rings is 2. The van der Waals surface area contributed by atoms with Crippen molar-refractivity contribution >= 4 is 45.0 Å². The summed E-state index contributed by atoms with van der Waals surface area (Å²) in [7, 11) is 6.19. The van der Waals surface area contributed by atoms with Crippen LogP contribution in [0.15, 0.2) is 61.6 Å². The molecular formula is C27H33N7S. The highest BCUT2D eigenvalue weighted by Gasteiger charge is 2.21. The fourth-order valence-electron chi connectivity index (χ4n) is 4.20. The Balaban J connectivity index is 0.000000165. The van der Waals surface area contributed by atoms with Gasteiger partial charge in [-0.3, -0.25) is 0 Å². The summed E-state index contributed by atoms with van der Waals surface area (Å²) in [4.78, 5) is 18.6. The van der Waals surface area contributed by atoms with Gasteiger partial charge in [0.1, 0.15) is 11.6 Å². The number of rotatable bonds is 5. The van der Waals surface area contributed by atoms with Gasteiger partial charge in [-0.2, -0.15) is 0 Å². The first-order valence-electron chi connectivity index (χ1n) is 11.8. The maximum atomic E-state index is 5.66. The molecule has 0 aliphatic carbocycles. The molecule has 0 spiro atoms. The number of anilines is 3. The SMILES string of the molecule is C=Cc1ccnc(N2CCC(N(C)C)CC2)c1.CNc1cc2cc(-c3cnc(N)s3)ccc2cn1. The molecule has 1 fully saturated rings. The first kappa shape index (κ1) is 24.6. The van der Waals surface area contributed by atoms with Gasteiger partial charge in [-0.1, -0.05) is 36.1 Å². The van der Waals surface area contributed by atoms with Gasteiger partial charge in [-0.25, -0.2) is 15.0 Å². The Hall–Kier alpha value is -3.49. The smallest absolute Gasteiger partial charge is 0.180 e. The van der Waals surface area contributed by atoms with Crippen molar-refractivity contribution in [1.29, 1.82) is 0 Å². The molecule has 4 aromatic rings. The summed E-state index contributed by atoms with van der Waals surface area (Å²) in [6.07, 6.45) is 9.84. The van der Waals surface area contributed by atoms with Gasteiger partial charge in [0.05, 0.1) is 4.88 Å². The first-order chi connectivity index (χ1) is 17.0. The van der Waals surface area contributed by atoms with Gasteiger partial charge in [0.2, 0.25) is 0 Å². The summed E-state index contributed by atoms with van der Waals surface area (Å²) in [6, 6.07) is 13.1. The number of hydrogen-bond acceptors (Lipinski definition) is 8. The highest BCUT2D eigenvalue weighted by atomic mass is 32.1. The lowest BCUT2D eigenvalue weighted by atomic mass is 10.0. The average molecular weight is 488 g/mol. The molecular weight excluding hydrogens is 454 g/mol. The summed E-state index contributed by atoms with van der Waals surface area (Å²) >= 11 is 1.49. The molecule has 0 bridgehead atoms. The van der Waals surface area contributed by atoms with Crippen molar-refractivity contribution in [2.45, 2.75) is 18.9 Å². The van der Waals surface area contributed by atoms with Crippen LogP contribution < -0.4 is 16.0 Å². The third-order valence-electron chi connectivity index (χ3n) is 6.31. The molecule has 4 heterocycles. The Morgan fingerprint density at radius 2 is 1.86 bits per heavy atom. The van der Waals surface area contributed by atoms with Crippen LogP contribution in [0.1, 0.15) is 18.4 Å². The highest BCUT2D eigenvalue weighted by Crippen LogP contribution is 2.30. The van der Waals surface area contributed by atoms with Crippen molar-refractivity contribution in [2.75, 3.05) is 50.2 Å². The molecule has 0 atom stereocenters. The summed E-state index contributed by atoms with van der Waals surface area (Å²) in [5, 5.41) is 5.91. The number of hydrogen-bond donors (Lipinski definition) is 2. The van der Waals surface area contributed by atoms with Gasteiger partial charge in [-0.15, -0.1) is 0 Å². The van der Waals surface area contributed by atoms with Gasteiger partial charge in [-0.05, 0) is 67.7 Å². The number of nitrogens with zero attached hydrogens (tertiary/aromatic N) is 5. The van der Waals surface area contributed by atoms with Crippen LogP contribution in [-0.2, 0) is 0 Å². The van der Waals surface area contributed by atoms with Gasteiger partial charge in [0, 0.05) is 50.2 Å². The van der Waals surface area contributed by atoms with Crippen molar-refractivity contribution in [1.82, 2.24) is 19.9 Å². The molecule has 3 N–H and O–H groups in total. The zero-order chi connectivity index (χ0) is 24.8. The number of nitrogens with one attached hydrogen (secondary N) is 1. The lowest BCUT2D eigenvalue weighted by molar-refractivity contribution is 0.249. The molecule has 35 heavy (non-hydrogen) atoms. The van der Waals surface area contributed by atoms with E-state index >= 15 is 0 Å². The van der Waals surface area contributed by atoms with E-state index in [0.717, 1.165) is 51.5 Å². The van der Waals surface area contributed by atoms with E-state index in [1.807, 2.05) is 37.7 Å². The number of nitrogen functional groups attached to an aromatic ring is 1. The zero-order valence-electron chi connectivity index (χ0n) is 20.6. The quantitative estimate of drug-likeness (QED) is 0.398. The van der Waals surface area contributed by atoms with E-state index in [2.05, 4.69) is 75.0 Å². The van der Waals surface area contributed by atoms with Gasteiger partial charge in [0.25, 0.3) is 0 Å². The van der Waals surface area contributed by atoms with E-state index in [4.69, 9.17) is 5.73 Å². The molecule has 0 unspecified atom stereocenters. The van der Waals surface area contributed by atoms with Crippen molar-refractivity contribution in [3.05, 3.63) is 67.1 Å². The lowest BCUT2D eigenvalue weighted by Gasteiger charge is -2.35. The van der Waals surface area contributed by atoms with Crippen molar-refractivity contribution in [3.63, 3.8) is 0 Å². The standard InChI is InChI=1S/C14H21N3.C13H12N4S/c1-4-12-5-8-15-14(11-12)17-9-6-13(7-10-17)16(2)3;1-15-12-5-10-4-8(2-3-9(10)6-16-12)11-7-17-13(14)18-11/h4-5,8,11,13H,1,6-7,9-10H2,2-3H3;2-7H,1H3,(H2,14,17)(H,15,16). The van der Waals surface area contributed by atoms with Crippen molar-refractivity contribution in [2.24, 2.45) is 0 Å². The number of thiazole rings is 1. The highest BCUT2D eigenvalue weighted by molar-refractivity contribution is 7.18. The average Bonchev–Trinajstić information content (AvgIpc) is 3.34. The third-order valence-corrected chi connectivity index (χ3v) is 7.19. The second-order valence-electron chi connectivity index (χ2n) is 8.78. The van der Waals surface area contributed by atoms with Crippen LogP contribution in [-0.4, -0.2) is 60.1 Å². The Bertz CT molecular complexity index is 1280.